The highest BCUT2D eigenvalue weighted by atomic mass is 32.2. The predicted octanol–water partition coefficient (Wildman–Crippen LogP) is 4.32. The lowest BCUT2D eigenvalue weighted by molar-refractivity contribution is 0.230. The van der Waals surface area contributed by atoms with Gasteiger partial charge in [0.25, 0.3) is 0 Å². The molecule has 0 heterocycles. The Labute approximate surface area is 113 Å². The lowest BCUT2D eigenvalue weighted by atomic mass is 9.79. The normalized spacial score (nSPS) is 27.4. The zero-order valence-corrected chi connectivity index (χ0v) is 13.0. The van der Waals surface area contributed by atoms with E-state index >= 15 is 0 Å². The molecule has 0 radical (unpaired) electrons. The largest absolute Gasteiger partial charge is 0.311 e. The summed E-state index contributed by atoms with van der Waals surface area (Å²) in [5, 5.41) is 3.82. The minimum atomic E-state index is 0.703. The summed E-state index contributed by atoms with van der Waals surface area (Å²) in [4.78, 5) is 0. The third-order valence-corrected chi connectivity index (χ3v) is 5.07. The molecule has 1 rings (SSSR count). The molecular formula is C15H31NS. The van der Waals surface area contributed by atoms with Crippen LogP contribution in [0, 0.1) is 11.8 Å². The van der Waals surface area contributed by atoms with Gasteiger partial charge in [-0.1, -0.05) is 20.8 Å². The van der Waals surface area contributed by atoms with E-state index in [9.17, 15) is 0 Å². The average molecular weight is 257 g/mol. The van der Waals surface area contributed by atoms with E-state index in [0.717, 1.165) is 17.9 Å². The second-order valence-electron chi connectivity index (χ2n) is 5.91. The fraction of sp³-hybridized carbons (Fsp3) is 1.00. The molecule has 0 aromatic rings. The van der Waals surface area contributed by atoms with Crippen molar-refractivity contribution in [2.24, 2.45) is 11.8 Å². The van der Waals surface area contributed by atoms with Crippen LogP contribution in [0.3, 0.4) is 0 Å². The van der Waals surface area contributed by atoms with Gasteiger partial charge in [-0.3, -0.25) is 0 Å². The maximum Gasteiger partial charge on any atom is 0.00697 e. The molecule has 0 amide bonds. The molecule has 1 saturated carbocycles. The highest BCUT2D eigenvalue weighted by molar-refractivity contribution is 7.99. The molecule has 1 fully saturated rings. The summed E-state index contributed by atoms with van der Waals surface area (Å²) in [6.07, 6.45) is 6.99. The van der Waals surface area contributed by atoms with Gasteiger partial charge >= 0.3 is 0 Å². The SMILES string of the molecule is CCSCCC(C)NC1CCC(C(C)C)CC1. The fourth-order valence-corrected chi connectivity index (χ4v) is 3.65. The lowest BCUT2D eigenvalue weighted by Crippen LogP contribution is -2.39. The van der Waals surface area contributed by atoms with Crippen molar-refractivity contribution in [3.8, 4) is 0 Å². The van der Waals surface area contributed by atoms with Crippen LogP contribution < -0.4 is 5.32 Å². The maximum absolute atomic E-state index is 3.82. The van der Waals surface area contributed by atoms with Crippen LogP contribution in [0.15, 0.2) is 0 Å². The molecule has 1 unspecified atom stereocenters. The number of nitrogens with one attached hydrogen (secondary N) is 1. The smallest absolute Gasteiger partial charge is 0.00697 e. The van der Waals surface area contributed by atoms with Crippen LogP contribution in [0.1, 0.15) is 59.8 Å². The summed E-state index contributed by atoms with van der Waals surface area (Å²) < 4.78 is 0. The first-order valence-electron chi connectivity index (χ1n) is 7.47. The molecule has 0 aromatic heterocycles. The monoisotopic (exact) mass is 257 g/mol. The third kappa shape index (κ3) is 6.15. The molecule has 17 heavy (non-hydrogen) atoms. The van der Waals surface area contributed by atoms with Gasteiger partial charge in [-0.25, -0.2) is 0 Å². The fourth-order valence-electron chi connectivity index (χ4n) is 2.84. The van der Waals surface area contributed by atoms with Crippen LogP contribution in [0.2, 0.25) is 0 Å². The minimum absolute atomic E-state index is 0.703. The Hall–Kier alpha value is 0.310. The van der Waals surface area contributed by atoms with Crippen LogP contribution in [-0.4, -0.2) is 23.6 Å². The Morgan fingerprint density at radius 1 is 1.12 bits per heavy atom. The Balaban J connectivity index is 2.12. The molecule has 1 aliphatic rings. The van der Waals surface area contributed by atoms with E-state index in [0.29, 0.717) is 6.04 Å². The zero-order chi connectivity index (χ0) is 12.7. The summed E-state index contributed by atoms with van der Waals surface area (Å²) >= 11 is 2.06. The average Bonchev–Trinajstić information content (AvgIpc) is 2.30. The van der Waals surface area contributed by atoms with Crippen molar-refractivity contribution in [3.63, 3.8) is 0 Å². The first-order valence-corrected chi connectivity index (χ1v) is 8.62. The molecule has 1 nitrogen and oxygen atoms in total. The molecule has 1 N–H and O–H groups in total. The number of hydrogen-bond donors (Lipinski definition) is 1. The van der Waals surface area contributed by atoms with Gasteiger partial charge in [-0.05, 0) is 62.4 Å². The molecular weight excluding hydrogens is 226 g/mol. The van der Waals surface area contributed by atoms with Crippen molar-refractivity contribution < 1.29 is 0 Å². The Kier molecular flexibility index (Phi) is 7.61. The van der Waals surface area contributed by atoms with Crippen LogP contribution in [0.25, 0.3) is 0 Å². The van der Waals surface area contributed by atoms with Gasteiger partial charge in [0.05, 0.1) is 0 Å². The zero-order valence-electron chi connectivity index (χ0n) is 12.2. The van der Waals surface area contributed by atoms with E-state index < -0.39 is 0 Å². The van der Waals surface area contributed by atoms with Crippen molar-refractivity contribution in [1.29, 1.82) is 0 Å². The molecule has 1 atom stereocenters. The highest BCUT2D eigenvalue weighted by Gasteiger charge is 2.23. The van der Waals surface area contributed by atoms with Gasteiger partial charge in [0.15, 0.2) is 0 Å². The van der Waals surface area contributed by atoms with E-state index in [-0.39, 0.29) is 0 Å². The Bertz CT molecular complexity index is 185. The molecule has 102 valence electrons. The van der Waals surface area contributed by atoms with Gasteiger partial charge in [0.1, 0.15) is 0 Å². The lowest BCUT2D eigenvalue weighted by Gasteiger charge is -2.33. The second kappa shape index (κ2) is 8.42. The molecule has 0 bridgehead atoms. The molecule has 0 saturated heterocycles. The van der Waals surface area contributed by atoms with Crippen LogP contribution in [-0.2, 0) is 0 Å². The molecule has 1 aliphatic carbocycles. The van der Waals surface area contributed by atoms with E-state index in [2.05, 4.69) is 44.8 Å². The Morgan fingerprint density at radius 2 is 1.76 bits per heavy atom. The maximum atomic E-state index is 3.82. The molecule has 0 aromatic carbocycles. The highest BCUT2D eigenvalue weighted by Crippen LogP contribution is 2.30. The summed E-state index contributed by atoms with van der Waals surface area (Å²) in [7, 11) is 0. The van der Waals surface area contributed by atoms with Crippen LogP contribution >= 0.6 is 11.8 Å². The van der Waals surface area contributed by atoms with Crippen LogP contribution in [0.5, 0.6) is 0 Å². The van der Waals surface area contributed by atoms with E-state index in [1.807, 2.05) is 0 Å². The van der Waals surface area contributed by atoms with Crippen molar-refractivity contribution in [1.82, 2.24) is 5.32 Å². The van der Waals surface area contributed by atoms with Crippen molar-refractivity contribution >= 4 is 11.8 Å². The topological polar surface area (TPSA) is 12.0 Å². The van der Waals surface area contributed by atoms with Crippen molar-refractivity contribution in [2.75, 3.05) is 11.5 Å². The van der Waals surface area contributed by atoms with Crippen molar-refractivity contribution in [2.45, 2.75) is 71.9 Å². The third-order valence-electron chi connectivity index (χ3n) is 4.13. The number of rotatable bonds is 7. The van der Waals surface area contributed by atoms with Gasteiger partial charge in [0.2, 0.25) is 0 Å². The molecule has 0 spiro atoms. The van der Waals surface area contributed by atoms with E-state index in [1.54, 1.807) is 0 Å². The molecule has 2 heteroatoms. The predicted molar refractivity (Wildman–Crippen MR) is 80.8 cm³/mol. The summed E-state index contributed by atoms with van der Waals surface area (Å²) in [5.41, 5.74) is 0. The number of hydrogen-bond acceptors (Lipinski definition) is 2. The Morgan fingerprint density at radius 3 is 2.29 bits per heavy atom. The second-order valence-corrected chi connectivity index (χ2v) is 7.30. The van der Waals surface area contributed by atoms with Gasteiger partial charge < -0.3 is 5.32 Å². The van der Waals surface area contributed by atoms with Gasteiger partial charge in [0, 0.05) is 12.1 Å². The van der Waals surface area contributed by atoms with Gasteiger partial charge in [-0.15, -0.1) is 0 Å². The van der Waals surface area contributed by atoms with E-state index in [1.165, 1.54) is 43.6 Å². The number of thioether (sulfide) groups is 1. The van der Waals surface area contributed by atoms with Gasteiger partial charge in [-0.2, -0.15) is 11.8 Å². The first-order chi connectivity index (χ1) is 8.13. The van der Waals surface area contributed by atoms with E-state index in [4.69, 9.17) is 0 Å². The van der Waals surface area contributed by atoms with Crippen molar-refractivity contribution in [3.05, 3.63) is 0 Å². The minimum Gasteiger partial charge on any atom is -0.311 e. The standard InChI is InChI=1S/C15H31NS/c1-5-17-11-10-13(4)16-15-8-6-14(7-9-15)12(2)3/h12-16H,5-11H2,1-4H3. The summed E-state index contributed by atoms with van der Waals surface area (Å²) in [5.74, 6) is 4.44. The quantitative estimate of drug-likeness (QED) is 0.682. The molecule has 0 aliphatic heterocycles. The summed E-state index contributed by atoms with van der Waals surface area (Å²) in [6, 6.07) is 1.50. The summed E-state index contributed by atoms with van der Waals surface area (Å²) in [6.45, 7) is 9.35. The van der Waals surface area contributed by atoms with Crippen LogP contribution in [0.4, 0.5) is 0 Å². The first kappa shape index (κ1) is 15.4.